The van der Waals surface area contributed by atoms with Gasteiger partial charge in [0.05, 0.1) is 18.1 Å². The maximum atomic E-state index is 13.0. The lowest BCUT2D eigenvalue weighted by atomic mass is 9.77. The molecular formula is C20H34N2O5Si. The number of carbonyl (C=O) groups is 2. The number of carboxylic acid groups (broad SMARTS) is 1. The van der Waals surface area contributed by atoms with E-state index in [2.05, 4.69) is 20.8 Å². The van der Waals surface area contributed by atoms with E-state index in [0.29, 0.717) is 0 Å². The Kier molecular flexibility index (Phi) is 6.06. The molecule has 2 fully saturated rings. The summed E-state index contributed by atoms with van der Waals surface area (Å²) in [4.78, 5) is 32.4. The second-order valence-electron chi connectivity index (χ2n) is 8.42. The van der Waals surface area contributed by atoms with Gasteiger partial charge in [-0.15, -0.1) is 0 Å². The van der Waals surface area contributed by atoms with Gasteiger partial charge < -0.3 is 14.4 Å². The number of hydrogen-bond acceptors (Lipinski definition) is 5. The van der Waals surface area contributed by atoms with Crippen molar-refractivity contribution in [2.75, 3.05) is 13.6 Å². The maximum absolute atomic E-state index is 13.0. The summed E-state index contributed by atoms with van der Waals surface area (Å²) in [5.74, 6) is -1.48. The lowest BCUT2D eigenvalue weighted by Crippen LogP contribution is -2.65. The van der Waals surface area contributed by atoms with Gasteiger partial charge in [0.15, 0.2) is 8.32 Å². The van der Waals surface area contributed by atoms with Crippen molar-refractivity contribution < 1.29 is 24.0 Å². The molecule has 1 N–H and O–H groups in total. The molecule has 158 valence electrons. The van der Waals surface area contributed by atoms with Crippen LogP contribution in [-0.4, -0.2) is 67.1 Å². The first-order valence-corrected chi connectivity index (χ1v) is 13.1. The van der Waals surface area contributed by atoms with Gasteiger partial charge in [-0.25, -0.2) is 4.79 Å². The number of nitrogens with zero attached hydrogens (tertiary/aromatic N) is 2. The van der Waals surface area contributed by atoms with Crippen LogP contribution in [0.25, 0.3) is 0 Å². The molecule has 1 amide bonds. The van der Waals surface area contributed by atoms with E-state index in [1.54, 1.807) is 5.06 Å². The number of aliphatic carboxylic acids is 1. The average molecular weight is 411 g/mol. The van der Waals surface area contributed by atoms with Crippen LogP contribution in [0.1, 0.15) is 41.0 Å². The smallest absolute Gasteiger partial charge is 0.352 e. The van der Waals surface area contributed by atoms with Gasteiger partial charge in [0.1, 0.15) is 11.8 Å². The summed E-state index contributed by atoms with van der Waals surface area (Å²) in [6, 6.07) is 2.94. The average Bonchev–Trinajstić information content (AvgIpc) is 3.19. The Hall–Kier alpha value is -1.22. The second-order valence-corrected chi connectivity index (χ2v) is 13.1. The van der Waals surface area contributed by atoms with Crippen molar-refractivity contribution in [2.24, 2.45) is 11.8 Å². The molecule has 7 nitrogen and oxygen atoms in total. The summed E-state index contributed by atoms with van der Waals surface area (Å²) < 4.78 is 6.58. The second kappa shape index (κ2) is 7.89. The molecule has 28 heavy (non-hydrogen) atoms. The zero-order valence-electron chi connectivity index (χ0n) is 17.9. The van der Waals surface area contributed by atoms with E-state index < -0.39 is 14.3 Å². The zero-order chi connectivity index (χ0) is 20.8. The van der Waals surface area contributed by atoms with Crippen LogP contribution in [0, 0.1) is 11.8 Å². The SMILES string of the molecule is CC[Si](CC)(CC)O[C@H](C)[C@H]1C(=O)N2C(C(=O)O)=C([C@@H]3CCN(C)O3)[C@H](C)[C@@H]12. The number of fused-ring (bicyclic) bond motifs is 1. The predicted molar refractivity (Wildman–Crippen MR) is 108 cm³/mol. The highest BCUT2D eigenvalue weighted by Gasteiger charge is 2.62. The first-order valence-electron chi connectivity index (χ1n) is 10.6. The molecule has 0 saturated carbocycles. The van der Waals surface area contributed by atoms with E-state index in [1.807, 2.05) is 20.9 Å². The Bertz CT molecular complexity index is 669. The zero-order valence-corrected chi connectivity index (χ0v) is 18.9. The van der Waals surface area contributed by atoms with Gasteiger partial charge in [-0.2, -0.15) is 5.06 Å². The van der Waals surface area contributed by atoms with E-state index in [0.717, 1.165) is 36.7 Å². The van der Waals surface area contributed by atoms with Crippen LogP contribution >= 0.6 is 0 Å². The normalized spacial score (nSPS) is 31.9. The van der Waals surface area contributed by atoms with Crippen molar-refractivity contribution in [1.29, 1.82) is 0 Å². The minimum absolute atomic E-state index is 0.0442. The van der Waals surface area contributed by atoms with Crippen molar-refractivity contribution in [3.05, 3.63) is 11.3 Å². The van der Waals surface area contributed by atoms with Crippen molar-refractivity contribution in [3.63, 3.8) is 0 Å². The van der Waals surface area contributed by atoms with Crippen molar-refractivity contribution in [2.45, 2.75) is 77.4 Å². The Morgan fingerprint density at radius 3 is 2.39 bits per heavy atom. The molecule has 3 aliphatic heterocycles. The Morgan fingerprint density at radius 2 is 1.93 bits per heavy atom. The lowest BCUT2D eigenvalue weighted by Gasteiger charge is -2.49. The summed E-state index contributed by atoms with van der Waals surface area (Å²) in [6.07, 6.45) is 0.289. The van der Waals surface area contributed by atoms with Crippen LogP contribution in [0.4, 0.5) is 0 Å². The number of amides is 1. The number of carboxylic acids is 1. The molecule has 3 rings (SSSR count). The van der Waals surface area contributed by atoms with Gasteiger partial charge in [0.2, 0.25) is 5.91 Å². The van der Waals surface area contributed by atoms with Crippen LogP contribution in [0.5, 0.6) is 0 Å². The molecule has 0 radical (unpaired) electrons. The molecule has 2 saturated heterocycles. The predicted octanol–water partition coefficient (Wildman–Crippen LogP) is 2.85. The summed E-state index contributed by atoms with van der Waals surface area (Å²) >= 11 is 0. The summed E-state index contributed by atoms with van der Waals surface area (Å²) in [5.41, 5.74) is 0.895. The Labute approximate surface area is 168 Å². The molecule has 0 bridgehead atoms. The van der Waals surface area contributed by atoms with E-state index in [4.69, 9.17) is 9.26 Å². The topological polar surface area (TPSA) is 79.3 Å². The van der Waals surface area contributed by atoms with E-state index >= 15 is 0 Å². The van der Waals surface area contributed by atoms with Crippen LogP contribution in [0.2, 0.25) is 18.1 Å². The fourth-order valence-electron chi connectivity index (χ4n) is 5.32. The number of β-lactam (4-membered cyclic amide) rings is 1. The lowest BCUT2D eigenvalue weighted by molar-refractivity contribution is -0.162. The van der Waals surface area contributed by atoms with Crippen LogP contribution in [0.3, 0.4) is 0 Å². The van der Waals surface area contributed by atoms with Gasteiger partial charge in [0, 0.05) is 19.5 Å². The van der Waals surface area contributed by atoms with Crippen molar-refractivity contribution in [1.82, 2.24) is 9.96 Å². The molecule has 0 unspecified atom stereocenters. The minimum atomic E-state index is -1.84. The van der Waals surface area contributed by atoms with Gasteiger partial charge in [0.25, 0.3) is 0 Å². The third-order valence-corrected chi connectivity index (χ3v) is 11.9. The quantitative estimate of drug-likeness (QED) is 0.490. The van der Waals surface area contributed by atoms with Crippen LogP contribution in [-0.2, 0) is 18.9 Å². The first-order chi connectivity index (χ1) is 13.2. The first kappa shape index (κ1) is 21.5. The van der Waals surface area contributed by atoms with E-state index in [-0.39, 0.29) is 41.7 Å². The minimum Gasteiger partial charge on any atom is -0.477 e. The third kappa shape index (κ3) is 3.24. The van der Waals surface area contributed by atoms with Crippen molar-refractivity contribution >= 4 is 20.2 Å². The number of hydroxylamine groups is 2. The Morgan fingerprint density at radius 1 is 1.32 bits per heavy atom. The maximum Gasteiger partial charge on any atom is 0.352 e. The number of hydrogen-bond donors (Lipinski definition) is 1. The third-order valence-electron chi connectivity index (χ3n) is 7.14. The molecule has 8 heteroatoms. The molecule has 0 aromatic carbocycles. The van der Waals surface area contributed by atoms with E-state index in [1.165, 1.54) is 4.90 Å². The molecule has 0 aliphatic carbocycles. The monoisotopic (exact) mass is 410 g/mol. The largest absolute Gasteiger partial charge is 0.477 e. The molecular weight excluding hydrogens is 376 g/mol. The van der Waals surface area contributed by atoms with Gasteiger partial charge in [-0.05, 0) is 37.0 Å². The van der Waals surface area contributed by atoms with Gasteiger partial charge in [-0.3, -0.25) is 9.63 Å². The fourth-order valence-corrected chi connectivity index (χ4v) is 8.25. The molecule has 3 aliphatic rings. The summed E-state index contributed by atoms with van der Waals surface area (Å²) in [6.45, 7) is 11.3. The molecule has 0 aromatic rings. The number of carbonyl (C=O) groups excluding carboxylic acids is 1. The van der Waals surface area contributed by atoms with Gasteiger partial charge in [-0.1, -0.05) is 27.7 Å². The number of rotatable bonds is 8. The van der Waals surface area contributed by atoms with Crippen LogP contribution in [0.15, 0.2) is 11.3 Å². The Balaban J connectivity index is 1.85. The standard InChI is InChI=1S/C20H34N2O5Si/c1-7-28(8-2,9-3)27-13(5)16-17-12(4)15(14-10-11-21(6)26-14)18(20(24)25)22(17)19(16)23/h12-14,16-17H,7-11H2,1-6H3,(H,24,25)/t12-,13+,14-,16+,17-/m0/s1. The fraction of sp³-hybridized carbons (Fsp3) is 0.800. The van der Waals surface area contributed by atoms with E-state index in [9.17, 15) is 14.7 Å². The highest BCUT2D eigenvalue weighted by atomic mass is 28.4. The van der Waals surface area contributed by atoms with Crippen LogP contribution < -0.4 is 0 Å². The van der Waals surface area contributed by atoms with Crippen molar-refractivity contribution in [3.8, 4) is 0 Å². The highest BCUT2D eigenvalue weighted by molar-refractivity contribution is 6.73. The van der Waals surface area contributed by atoms with Gasteiger partial charge >= 0.3 is 5.97 Å². The summed E-state index contributed by atoms with van der Waals surface area (Å²) in [7, 11) is 0.00728. The summed E-state index contributed by atoms with van der Waals surface area (Å²) in [5, 5.41) is 11.6. The molecule has 5 atom stereocenters. The molecule has 0 spiro atoms. The highest BCUT2D eigenvalue weighted by Crippen LogP contribution is 2.50. The molecule has 0 aromatic heterocycles. The molecule has 3 heterocycles.